The smallest absolute Gasteiger partial charge is 0.271 e. The number of nitrogens with two attached hydrogens (primary N) is 1. The number of hydrogen-bond acceptors (Lipinski definition) is 5. The normalized spacial score (nSPS) is 10.1. The topological polar surface area (TPSA) is 90.1 Å². The van der Waals surface area contributed by atoms with Crippen LogP contribution in [0.2, 0.25) is 0 Å². The number of nitrogen functional groups attached to an aromatic ring is 1. The van der Waals surface area contributed by atoms with Crippen molar-refractivity contribution in [3.8, 4) is 11.6 Å². The van der Waals surface area contributed by atoms with Gasteiger partial charge >= 0.3 is 0 Å². The molecule has 1 aromatic carbocycles. The van der Waals surface area contributed by atoms with E-state index in [9.17, 15) is 4.79 Å². The predicted octanol–water partition coefficient (Wildman–Crippen LogP) is 2.36. The van der Waals surface area contributed by atoms with Gasteiger partial charge in [0.05, 0.1) is 0 Å². The molecule has 0 aliphatic rings. The Morgan fingerprint density at radius 2 is 2.15 bits per heavy atom. The Labute approximate surface area is 124 Å². The number of hydrogen-bond donors (Lipinski definition) is 2. The second-order valence-electron chi connectivity index (χ2n) is 3.94. The molecule has 1 amide bonds. The molecule has 20 heavy (non-hydrogen) atoms. The Kier molecular flexibility index (Phi) is 4.52. The van der Waals surface area contributed by atoms with Gasteiger partial charge in [0, 0.05) is 28.8 Å². The lowest BCUT2D eigenvalue weighted by Gasteiger charge is -2.06. The van der Waals surface area contributed by atoms with Gasteiger partial charge in [0.2, 0.25) is 5.88 Å². The van der Waals surface area contributed by atoms with Crippen LogP contribution in [0.5, 0.6) is 11.6 Å². The third kappa shape index (κ3) is 3.67. The zero-order valence-corrected chi connectivity index (χ0v) is 12.3. The summed E-state index contributed by atoms with van der Waals surface area (Å²) in [5.74, 6) is 0.561. The van der Waals surface area contributed by atoms with Gasteiger partial charge < -0.3 is 15.8 Å². The molecule has 6 nitrogen and oxygen atoms in total. The van der Waals surface area contributed by atoms with Crippen molar-refractivity contribution in [3.63, 3.8) is 0 Å². The third-order valence-corrected chi connectivity index (χ3v) is 2.78. The summed E-state index contributed by atoms with van der Waals surface area (Å²) in [4.78, 5) is 11.5. The highest BCUT2D eigenvalue weighted by atomic mass is 79.9. The first-order valence-corrected chi connectivity index (χ1v) is 6.73. The van der Waals surface area contributed by atoms with Crippen molar-refractivity contribution in [3.05, 3.63) is 40.5 Å². The maximum atomic E-state index is 11.5. The summed E-state index contributed by atoms with van der Waals surface area (Å²) >= 11 is 3.33. The number of anilines is 1. The fourth-order valence-electron chi connectivity index (χ4n) is 1.51. The van der Waals surface area contributed by atoms with E-state index in [2.05, 4.69) is 31.4 Å². The van der Waals surface area contributed by atoms with Crippen molar-refractivity contribution in [2.24, 2.45) is 0 Å². The Morgan fingerprint density at radius 3 is 2.75 bits per heavy atom. The molecular weight excluding hydrogens is 324 g/mol. The van der Waals surface area contributed by atoms with Crippen molar-refractivity contribution in [2.45, 2.75) is 6.92 Å². The first-order valence-electron chi connectivity index (χ1n) is 5.94. The molecule has 3 N–H and O–H groups in total. The molecular formula is C13H13BrN4O2. The van der Waals surface area contributed by atoms with E-state index in [4.69, 9.17) is 10.5 Å². The molecule has 0 spiro atoms. The second kappa shape index (κ2) is 6.33. The van der Waals surface area contributed by atoms with E-state index in [-0.39, 0.29) is 17.5 Å². The van der Waals surface area contributed by atoms with E-state index in [1.165, 1.54) is 0 Å². The average molecular weight is 337 g/mol. The van der Waals surface area contributed by atoms with E-state index < -0.39 is 0 Å². The lowest BCUT2D eigenvalue weighted by Crippen LogP contribution is -2.23. The largest absolute Gasteiger partial charge is 0.437 e. The quantitative estimate of drug-likeness (QED) is 0.836. The van der Waals surface area contributed by atoms with E-state index in [1.54, 1.807) is 30.3 Å². The summed E-state index contributed by atoms with van der Waals surface area (Å²) in [6, 6.07) is 8.32. The van der Waals surface area contributed by atoms with Crippen LogP contribution >= 0.6 is 15.9 Å². The summed E-state index contributed by atoms with van der Waals surface area (Å²) in [7, 11) is 0. The summed E-state index contributed by atoms with van der Waals surface area (Å²) in [6.45, 7) is 2.37. The van der Waals surface area contributed by atoms with Gasteiger partial charge in [-0.1, -0.05) is 15.9 Å². The van der Waals surface area contributed by atoms with Crippen LogP contribution in [0.4, 0.5) is 5.69 Å². The minimum Gasteiger partial charge on any atom is -0.437 e. The maximum absolute atomic E-state index is 11.5. The van der Waals surface area contributed by atoms with Crippen molar-refractivity contribution in [1.29, 1.82) is 0 Å². The molecule has 0 saturated carbocycles. The first-order chi connectivity index (χ1) is 9.58. The third-order valence-electron chi connectivity index (χ3n) is 2.33. The highest BCUT2D eigenvalue weighted by molar-refractivity contribution is 9.10. The Balaban J connectivity index is 2.12. The van der Waals surface area contributed by atoms with Gasteiger partial charge in [-0.05, 0) is 25.1 Å². The number of aromatic nitrogens is 2. The van der Waals surface area contributed by atoms with Crippen LogP contribution in [0.15, 0.2) is 34.8 Å². The number of amides is 1. The maximum Gasteiger partial charge on any atom is 0.271 e. The lowest BCUT2D eigenvalue weighted by molar-refractivity contribution is 0.0949. The van der Waals surface area contributed by atoms with Gasteiger partial charge in [-0.15, -0.1) is 10.2 Å². The molecule has 0 bridgehead atoms. The van der Waals surface area contributed by atoms with Crippen LogP contribution in [0.25, 0.3) is 0 Å². The predicted molar refractivity (Wildman–Crippen MR) is 78.7 cm³/mol. The van der Waals surface area contributed by atoms with E-state index in [0.29, 0.717) is 18.0 Å². The summed E-state index contributed by atoms with van der Waals surface area (Å²) in [6.07, 6.45) is 0. The number of benzene rings is 1. The molecule has 0 fully saturated rings. The minimum atomic E-state index is -0.266. The summed E-state index contributed by atoms with van der Waals surface area (Å²) in [5, 5.41) is 10.3. The molecule has 0 aliphatic carbocycles. The zero-order chi connectivity index (χ0) is 14.5. The molecule has 0 radical (unpaired) electrons. The lowest BCUT2D eigenvalue weighted by atomic mass is 10.3. The van der Waals surface area contributed by atoms with Gasteiger partial charge in [0.1, 0.15) is 5.75 Å². The SMILES string of the molecule is CCNC(=O)c1ccc(Oc2cc(N)cc(Br)c2)nn1. The van der Waals surface area contributed by atoms with Crippen LogP contribution in [-0.4, -0.2) is 22.6 Å². The number of carbonyl (C=O) groups is 1. The number of rotatable bonds is 4. The monoisotopic (exact) mass is 336 g/mol. The number of halogens is 1. The standard InChI is InChI=1S/C13H13BrN4O2/c1-2-16-13(19)11-3-4-12(18-17-11)20-10-6-8(14)5-9(15)7-10/h3-7H,2,15H2,1H3,(H,16,19). The number of carbonyl (C=O) groups excluding carboxylic acids is 1. The zero-order valence-electron chi connectivity index (χ0n) is 10.8. The van der Waals surface area contributed by atoms with Gasteiger partial charge in [0.25, 0.3) is 5.91 Å². The molecule has 2 aromatic rings. The molecule has 1 heterocycles. The molecule has 2 rings (SSSR count). The highest BCUT2D eigenvalue weighted by Crippen LogP contribution is 2.26. The van der Waals surface area contributed by atoms with Crippen molar-refractivity contribution in [2.75, 3.05) is 12.3 Å². The molecule has 0 saturated heterocycles. The summed E-state index contributed by atoms with van der Waals surface area (Å²) in [5.41, 5.74) is 6.53. The van der Waals surface area contributed by atoms with Gasteiger partial charge in [-0.3, -0.25) is 4.79 Å². The molecule has 0 unspecified atom stereocenters. The summed E-state index contributed by atoms with van der Waals surface area (Å²) < 4.78 is 6.32. The van der Waals surface area contributed by atoms with E-state index in [1.807, 2.05) is 6.92 Å². The van der Waals surface area contributed by atoms with Gasteiger partial charge in [-0.25, -0.2) is 0 Å². The van der Waals surface area contributed by atoms with Gasteiger partial charge in [0.15, 0.2) is 5.69 Å². The first kappa shape index (κ1) is 14.3. The van der Waals surface area contributed by atoms with E-state index in [0.717, 1.165) is 4.47 Å². The highest BCUT2D eigenvalue weighted by Gasteiger charge is 2.08. The second-order valence-corrected chi connectivity index (χ2v) is 4.85. The van der Waals surface area contributed by atoms with Crippen molar-refractivity contribution in [1.82, 2.24) is 15.5 Å². The number of nitrogens with zero attached hydrogens (tertiary/aromatic N) is 2. The fraction of sp³-hybridized carbons (Fsp3) is 0.154. The van der Waals surface area contributed by atoms with Crippen LogP contribution in [-0.2, 0) is 0 Å². The van der Waals surface area contributed by atoms with Crippen LogP contribution in [0.1, 0.15) is 17.4 Å². The van der Waals surface area contributed by atoms with E-state index >= 15 is 0 Å². The molecule has 0 aliphatic heterocycles. The number of nitrogens with one attached hydrogen (secondary N) is 1. The van der Waals surface area contributed by atoms with Gasteiger partial charge in [-0.2, -0.15) is 0 Å². The molecule has 0 atom stereocenters. The molecule has 104 valence electrons. The fourth-order valence-corrected chi connectivity index (χ4v) is 2.00. The van der Waals surface area contributed by atoms with Crippen LogP contribution < -0.4 is 15.8 Å². The Bertz CT molecular complexity index is 596. The Morgan fingerprint density at radius 1 is 1.35 bits per heavy atom. The molecule has 7 heteroatoms. The number of ether oxygens (including phenoxy) is 1. The Hall–Kier alpha value is -2.15. The van der Waals surface area contributed by atoms with Crippen molar-refractivity contribution < 1.29 is 9.53 Å². The average Bonchev–Trinajstić information content (AvgIpc) is 2.38. The van der Waals surface area contributed by atoms with Crippen LogP contribution in [0.3, 0.4) is 0 Å². The molecule has 1 aromatic heterocycles. The van der Waals surface area contributed by atoms with Crippen molar-refractivity contribution >= 4 is 27.5 Å². The van der Waals surface area contributed by atoms with Crippen LogP contribution in [0, 0.1) is 0 Å². The minimum absolute atomic E-state index is 0.243.